The molecule has 0 aliphatic rings. The normalized spacial score (nSPS) is 10.7. The van der Waals surface area contributed by atoms with Crippen LogP contribution in [0.3, 0.4) is 0 Å². The van der Waals surface area contributed by atoms with Crippen molar-refractivity contribution in [3.05, 3.63) is 66.2 Å². The Kier molecular flexibility index (Phi) is 4.91. The van der Waals surface area contributed by atoms with E-state index in [1.54, 1.807) is 0 Å². The van der Waals surface area contributed by atoms with Crippen LogP contribution in [-0.2, 0) is 0 Å². The maximum absolute atomic E-state index is 5.72. The summed E-state index contributed by atoms with van der Waals surface area (Å²) in [5.41, 5.74) is 1.18. The molecule has 1 nitrogen and oxygen atoms in total. The van der Waals surface area contributed by atoms with Crippen LogP contribution in [0.4, 0.5) is 0 Å². The van der Waals surface area contributed by atoms with Crippen molar-refractivity contribution in [1.82, 2.24) is 0 Å². The van der Waals surface area contributed by atoms with Crippen molar-refractivity contribution in [2.24, 2.45) is 0 Å². The highest BCUT2D eigenvalue weighted by Gasteiger charge is 1.95. The Morgan fingerprint density at radius 1 is 0.889 bits per heavy atom. The van der Waals surface area contributed by atoms with Crippen LogP contribution in [0.25, 0.3) is 6.08 Å². The van der Waals surface area contributed by atoms with Gasteiger partial charge in [-0.1, -0.05) is 42.5 Å². The molecule has 0 spiro atoms. The summed E-state index contributed by atoms with van der Waals surface area (Å²) < 4.78 is 5.72. The van der Waals surface area contributed by atoms with E-state index in [-0.39, 0.29) is 0 Å². The maximum Gasteiger partial charge on any atom is 0.127 e. The largest absolute Gasteiger partial charge is 0.457 e. The van der Waals surface area contributed by atoms with Gasteiger partial charge in [-0.2, -0.15) is 12.6 Å². The average molecular weight is 256 g/mol. The second-order valence-corrected chi connectivity index (χ2v) is 4.35. The molecule has 0 amide bonds. The molecule has 0 N–H and O–H groups in total. The Morgan fingerprint density at radius 3 is 2.22 bits per heavy atom. The lowest BCUT2D eigenvalue weighted by atomic mass is 10.2. The third kappa shape index (κ3) is 3.97. The summed E-state index contributed by atoms with van der Waals surface area (Å²) in [7, 11) is 0. The monoisotopic (exact) mass is 256 g/mol. The lowest BCUT2D eigenvalue weighted by molar-refractivity contribution is 0.482. The van der Waals surface area contributed by atoms with Crippen LogP contribution in [-0.4, -0.2) is 5.75 Å². The molecular formula is C16H16OS. The zero-order valence-corrected chi connectivity index (χ0v) is 11.0. The van der Waals surface area contributed by atoms with E-state index < -0.39 is 0 Å². The van der Waals surface area contributed by atoms with E-state index in [4.69, 9.17) is 4.74 Å². The molecule has 0 atom stereocenters. The minimum Gasteiger partial charge on any atom is -0.457 e. The smallest absolute Gasteiger partial charge is 0.127 e. The summed E-state index contributed by atoms with van der Waals surface area (Å²) in [6.45, 7) is 0. The summed E-state index contributed by atoms with van der Waals surface area (Å²) in [6.07, 6.45) is 5.22. The first-order valence-electron chi connectivity index (χ1n) is 5.99. The Morgan fingerprint density at radius 2 is 1.56 bits per heavy atom. The molecule has 2 heteroatoms. The van der Waals surface area contributed by atoms with Gasteiger partial charge in [0.25, 0.3) is 0 Å². The molecule has 0 saturated carbocycles. The molecule has 0 bridgehead atoms. The minimum absolute atomic E-state index is 0.854. The predicted octanol–water partition coefficient (Wildman–Crippen LogP) is 4.81. The van der Waals surface area contributed by atoms with Crippen molar-refractivity contribution in [1.29, 1.82) is 0 Å². The fraction of sp³-hybridized carbons (Fsp3) is 0.125. The SMILES string of the molecule is SCCC=Cc1ccc(Oc2ccccc2)cc1. The van der Waals surface area contributed by atoms with Crippen molar-refractivity contribution in [3.63, 3.8) is 0 Å². The zero-order valence-electron chi connectivity index (χ0n) is 10.1. The van der Waals surface area contributed by atoms with E-state index in [9.17, 15) is 0 Å². The number of allylic oxidation sites excluding steroid dienone is 1. The van der Waals surface area contributed by atoms with Crippen LogP contribution >= 0.6 is 12.6 Å². The third-order valence-electron chi connectivity index (χ3n) is 2.47. The number of hydrogen-bond donors (Lipinski definition) is 1. The van der Waals surface area contributed by atoms with Gasteiger partial charge in [0.05, 0.1) is 0 Å². The Balaban J connectivity index is 2.00. The first kappa shape index (κ1) is 12.8. The second kappa shape index (κ2) is 6.92. The Labute approximate surface area is 114 Å². The van der Waals surface area contributed by atoms with Crippen molar-refractivity contribution in [2.75, 3.05) is 5.75 Å². The van der Waals surface area contributed by atoms with Gasteiger partial charge in [0.2, 0.25) is 0 Å². The van der Waals surface area contributed by atoms with E-state index >= 15 is 0 Å². The predicted molar refractivity (Wildman–Crippen MR) is 80.5 cm³/mol. The van der Waals surface area contributed by atoms with Gasteiger partial charge in [-0.25, -0.2) is 0 Å². The standard InChI is InChI=1S/C16H16OS/c18-13-5-4-6-14-9-11-16(12-10-14)17-15-7-2-1-3-8-15/h1-4,6-12,18H,5,13H2. The summed E-state index contributed by atoms with van der Waals surface area (Å²) in [5.74, 6) is 2.59. The molecule has 2 rings (SSSR count). The van der Waals surface area contributed by atoms with Crippen molar-refractivity contribution < 1.29 is 4.74 Å². The molecule has 18 heavy (non-hydrogen) atoms. The lowest BCUT2D eigenvalue weighted by Gasteiger charge is -2.05. The summed E-state index contributed by atoms with van der Waals surface area (Å²) in [5, 5.41) is 0. The topological polar surface area (TPSA) is 9.23 Å². The summed E-state index contributed by atoms with van der Waals surface area (Å²) in [4.78, 5) is 0. The van der Waals surface area contributed by atoms with Crippen LogP contribution in [0.2, 0.25) is 0 Å². The Hall–Kier alpha value is -1.67. The number of hydrogen-bond acceptors (Lipinski definition) is 2. The molecule has 0 heterocycles. The van der Waals surface area contributed by atoms with Crippen LogP contribution in [0.1, 0.15) is 12.0 Å². The van der Waals surface area contributed by atoms with Gasteiger partial charge < -0.3 is 4.74 Å². The third-order valence-corrected chi connectivity index (χ3v) is 2.72. The van der Waals surface area contributed by atoms with E-state index in [0.717, 1.165) is 23.7 Å². The first-order valence-corrected chi connectivity index (χ1v) is 6.62. The van der Waals surface area contributed by atoms with E-state index in [0.29, 0.717) is 0 Å². The Bertz CT molecular complexity index is 488. The van der Waals surface area contributed by atoms with Crippen LogP contribution in [0.5, 0.6) is 11.5 Å². The molecule has 0 aromatic heterocycles. The van der Waals surface area contributed by atoms with Gasteiger partial charge >= 0.3 is 0 Å². The summed E-state index contributed by atoms with van der Waals surface area (Å²) >= 11 is 4.17. The van der Waals surface area contributed by atoms with Gasteiger partial charge in [-0.05, 0) is 42.0 Å². The quantitative estimate of drug-likeness (QED) is 0.755. The van der Waals surface area contributed by atoms with Crippen LogP contribution < -0.4 is 4.74 Å². The molecule has 0 aliphatic carbocycles. The number of ether oxygens (including phenoxy) is 1. The molecular weight excluding hydrogens is 240 g/mol. The van der Waals surface area contributed by atoms with Crippen molar-refractivity contribution in [2.45, 2.75) is 6.42 Å². The van der Waals surface area contributed by atoms with E-state index in [1.165, 1.54) is 5.56 Å². The first-order chi connectivity index (χ1) is 8.88. The van der Waals surface area contributed by atoms with Gasteiger partial charge in [0.1, 0.15) is 11.5 Å². The molecule has 2 aromatic carbocycles. The molecule has 0 saturated heterocycles. The molecule has 0 fully saturated rings. The highest BCUT2D eigenvalue weighted by atomic mass is 32.1. The minimum atomic E-state index is 0.854. The lowest BCUT2D eigenvalue weighted by Crippen LogP contribution is -1.83. The number of benzene rings is 2. The number of para-hydroxylation sites is 1. The molecule has 2 aromatic rings. The van der Waals surface area contributed by atoms with Gasteiger partial charge in [0, 0.05) is 0 Å². The average Bonchev–Trinajstić information content (AvgIpc) is 2.42. The number of thiol groups is 1. The molecule has 0 unspecified atom stereocenters. The highest BCUT2D eigenvalue weighted by molar-refractivity contribution is 7.80. The molecule has 0 radical (unpaired) electrons. The van der Waals surface area contributed by atoms with Crippen LogP contribution in [0, 0.1) is 0 Å². The second-order valence-electron chi connectivity index (χ2n) is 3.90. The van der Waals surface area contributed by atoms with Crippen molar-refractivity contribution >= 4 is 18.7 Å². The maximum atomic E-state index is 5.72. The fourth-order valence-electron chi connectivity index (χ4n) is 1.57. The van der Waals surface area contributed by atoms with Crippen LogP contribution in [0.15, 0.2) is 60.7 Å². The van der Waals surface area contributed by atoms with E-state index in [1.807, 2.05) is 54.6 Å². The molecule has 0 aliphatic heterocycles. The highest BCUT2D eigenvalue weighted by Crippen LogP contribution is 2.21. The molecule has 92 valence electrons. The number of rotatable bonds is 5. The van der Waals surface area contributed by atoms with Gasteiger partial charge in [-0.15, -0.1) is 0 Å². The zero-order chi connectivity index (χ0) is 12.6. The summed E-state index contributed by atoms with van der Waals surface area (Å²) in [6, 6.07) is 17.8. The van der Waals surface area contributed by atoms with Crippen molar-refractivity contribution in [3.8, 4) is 11.5 Å². The van der Waals surface area contributed by atoms with Gasteiger partial charge in [-0.3, -0.25) is 0 Å². The van der Waals surface area contributed by atoms with E-state index in [2.05, 4.69) is 24.8 Å². The fourth-order valence-corrected chi connectivity index (χ4v) is 1.71. The van der Waals surface area contributed by atoms with Gasteiger partial charge in [0.15, 0.2) is 0 Å².